The van der Waals surface area contributed by atoms with Crippen LogP contribution in [0.3, 0.4) is 0 Å². The summed E-state index contributed by atoms with van der Waals surface area (Å²) in [5.74, 6) is 2.11. The molecular formula is C19H22N4O2. The molecule has 0 saturated heterocycles. The first-order chi connectivity index (χ1) is 12.3. The SMILES string of the molecule is CCN1Cc2ccccc2C[C@H]1c1nc(-c2ccco2)nn1CCO. The molecule has 1 aliphatic rings. The predicted molar refractivity (Wildman–Crippen MR) is 93.8 cm³/mol. The highest BCUT2D eigenvalue weighted by Crippen LogP contribution is 2.33. The van der Waals surface area contributed by atoms with E-state index in [1.54, 1.807) is 6.26 Å². The van der Waals surface area contributed by atoms with Gasteiger partial charge in [-0.15, -0.1) is 5.10 Å². The van der Waals surface area contributed by atoms with Crippen LogP contribution in [0.15, 0.2) is 47.1 Å². The summed E-state index contributed by atoms with van der Waals surface area (Å²) in [6.45, 7) is 4.46. The molecule has 0 aliphatic carbocycles. The molecule has 6 heteroatoms. The molecule has 25 heavy (non-hydrogen) atoms. The minimum Gasteiger partial charge on any atom is -0.461 e. The normalized spacial score (nSPS) is 17.6. The van der Waals surface area contributed by atoms with Crippen molar-refractivity contribution in [2.24, 2.45) is 0 Å². The van der Waals surface area contributed by atoms with Crippen molar-refractivity contribution < 1.29 is 9.52 Å². The molecule has 1 aromatic carbocycles. The number of likely N-dealkylation sites (N-methyl/N-ethyl adjacent to an activating group) is 1. The van der Waals surface area contributed by atoms with Gasteiger partial charge in [0.25, 0.3) is 0 Å². The molecule has 3 aromatic rings. The molecule has 130 valence electrons. The van der Waals surface area contributed by atoms with Crippen molar-refractivity contribution in [1.29, 1.82) is 0 Å². The summed E-state index contributed by atoms with van der Waals surface area (Å²) in [5, 5.41) is 14.0. The highest BCUT2D eigenvalue weighted by molar-refractivity contribution is 5.45. The van der Waals surface area contributed by atoms with E-state index in [4.69, 9.17) is 9.40 Å². The summed E-state index contributed by atoms with van der Waals surface area (Å²) in [7, 11) is 0. The third-order valence-corrected chi connectivity index (χ3v) is 4.80. The number of nitrogens with zero attached hydrogens (tertiary/aromatic N) is 4. The molecule has 0 radical (unpaired) electrons. The molecular weight excluding hydrogens is 316 g/mol. The van der Waals surface area contributed by atoms with Gasteiger partial charge >= 0.3 is 0 Å². The fraction of sp³-hybridized carbons (Fsp3) is 0.368. The van der Waals surface area contributed by atoms with Gasteiger partial charge < -0.3 is 9.52 Å². The summed E-state index contributed by atoms with van der Waals surface area (Å²) < 4.78 is 7.27. The van der Waals surface area contributed by atoms with Crippen LogP contribution in [0.4, 0.5) is 0 Å². The van der Waals surface area contributed by atoms with Crippen molar-refractivity contribution in [2.75, 3.05) is 13.2 Å². The summed E-state index contributed by atoms with van der Waals surface area (Å²) in [4.78, 5) is 7.18. The minimum absolute atomic E-state index is 0.0311. The van der Waals surface area contributed by atoms with E-state index in [0.717, 1.165) is 25.3 Å². The zero-order valence-corrected chi connectivity index (χ0v) is 14.3. The lowest BCUT2D eigenvalue weighted by molar-refractivity contribution is 0.166. The zero-order valence-electron chi connectivity index (χ0n) is 14.3. The number of aromatic nitrogens is 3. The number of furan rings is 1. The van der Waals surface area contributed by atoms with Gasteiger partial charge in [0.1, 0.15) is 5.82 Å². The molecule has 3 heterocycles. The Kier molecular flexibility index (Phi) is 4.38. The first-order valence-electron chi connectivity index (χ1n) is 8.70. The molecule has 1 aliphatic heterocycles. The van der Waals surface area contributed by atoms with Crippen LogP contribution in [0.25, 0.3) is 11.6 Å². The number of hydrogen-bond acceptors (Lipinski definition) is 5. The van der Waals surface area contributed by atoms with Gasteiger partial charge in [-0.1, -0.05) is 31.2 Å². The summed E-state index contributed by atoms with van der Waals surface area (Å²) in [6, 6.07) is 12.4. The van der Waals surface area contributed by atoms with E-state index in [9.17, 15) is 5.11 Å². The smallest absolute Gasteiger partial charge is 0.217 e. The molecule has 1 atom stereocenters. The topological polar surface area (TPSA) is 67.3 Å². The van der Waals surface area contributed by atoms with E-state index in [0.29, 0.717) is 18.1 Å². The molecule has 0 spiro atoms. The van der Waals surface area contributed by atoms with Crippen molar-refractivity contribution in [2.45, 2.75) is 32.5 Å². The number of rotatable bonds is 5. The van der Waals surface area contributed by atoms with Gasteiger partial charge in [-0.3, -0.25) is 4.90 Å². The largest absolute Gasteiger partial charge is 0.461 e. The Labute approximate surface area is 146 Å². The predicted octanol–water partition coefficient (Wildman–Crippen LogP) is 2.65. The van der Waals surface area contributed by atoms with Crippen molar-refractivity contribution >= 4 is 0 Å². The maximum absolute atomic E-state index is 9.44. The first-order valence-corrected chi connectivity index (χ1v) is 8.70. The van der Waals surface area contributed by atoms with Crippen molar-refractivity contribution in [1.82, 2.24) is 19.7 Å². The van der Waals surface area contributed by atoms with Crippen LogP contribution in [0.2, 0.25) is 0 Å². The minimum atomic E-state index is 0.0311. The second kappa shape index (κ2) is 6.82. The molecule has 0 fully saturated rings. The lowest BCUT2D eigenvalue weighted by Crippen LogP contribution is -2.36. The Morgan fingerprint density at radius 2 is 2.04 bits per heavy atom. The Hall–Kier alpha value is -2.44. The average Bonchev–Trinajstić information content (AvgIpc) is 3.30. The van der Waals surface area contributed by atoms with Gasteiger partial charge in [-0.25, -0.2) is 9.67 Å². The van der Waals surface area contributed by atoms with Crippen molar-refractivity contribution in [3.05, 3.63) is 59.6 Å². The highest BCUT2D eigenvalue weighted by atomic mass is 16.3. The molecule has 0 bridgehead atoms. The highest BCUT2D eigenvalue weighted by Gasteiger charge is 2.31. The average molecular weight is 338 g/mol. The van der Waals surface area contributed by atoms with E-state index in [1.165, 1.54) is 11.1 Å². The number of aliphatic hydroxyl groups is 1. The lowest BCUT2D eigenvalue weighted by atomic mass is 9.93. The van der Waals surface area contributed by atoms with Crippen LogP contribution >= 0.6 is 0 Å². The molecule has 2 aromatic heterocycles. The van der Waals surface area contributed by atoms with E-state index in [-0.39, 0.29) is 12.6 Å². The van der Waals surface area contributed by atoms with Crippen LogP contribution in [0.1, 0.15) is 29.9 Å². The maximum atomic E-state index is 9.44. The Morgan fingerprint density at radius 1 is 1.20 bits per heavy atom. The van der Waals surface area contributed by atoms with Crippen LogP contribution in [-0.4, -0.2) is 37.9 Å². The number of benzene rings is 1. The van der Waals surface area contributed by atoms with Gasteiger partial charge in [0.05, 0.1) is 25.5 Å². The van der Waals surface area contributed by atoms with Gasteiger partial charge in [0.2, 0.25) is 5.82 Å². The Balaban J connectivity index is 1.74. The van der Waals surface area contributed by atoms with E-state index in [2.05, 4.69) is 41.2 Å². The van der Waals surface area contributed by atoms with Crippen LogP contribution in [-0.2, 0) is 19.5 Å². The van der Waals surface area contributed by atoms with Crippen LogP contribution in [0.5, 0.6) is 0 Å². The first kappa shape index (κ1) is 16.1. The number of aliphatic hydroxyl groups excluding tert-OH is 1. The molecule has 6 nitrogen and oxygen atoms in total. The van der Waals surface area contributed by atoms with Crippen molar-refractivity contribution in [3.8, 4) is 11.6 Å². The standard InChI is InChI=1S/C19H22N4O2/c1-2-22-13-15-7-4-3-6-14(15)12-16(22)19-20-18(17-8-5-11-25-17)21-23(19)9-10-24/h3-8,11,16,24H,2,9-10,12-13H2,1H3/t16-/m0/s1. The summed E-state index contributed by atoms with van der Waals surface area (Å²) in [6.07, 6.45) is 2.52. The number of fused-ring (bicyclic) bond motifs is 1. The zero-order chi connectivity index (χ0) is 17.2. The monoisotopic (exact) mass is 338 g/mol. The fourth-order valence-electron chi connectivity index (χ4n) is 3.53. The second-order valence-electron chi connectivity index (χ2n) is 6.27. The van der Waals surface area contributed by atoms with E-state index >= 15 is 0 Å². The Bertz CT molecular complexity index is 841. The van der Waals surface area contributed by atoms with Crippen molar-refractivity contribution in [3.63, 3.8) is 0 Å². The lowest BCUT2D eigenvalue weighted by Gasteiger charge is -2.35. The van der Waals surface area contributed by atoms with E-state index in [1.807, 2.05) is 16.8 Å². The van der Waals surface area contributed by atoms with E-state index < -0.39 is 0 Å². The summed E-state index contributed by atoms with van der Waals surface area (Å²) >= 11 is 0. The van der Waals surface area contributed by atoms with Gasteiger partial charge in [0.15, 0.2) is 5.76 Å². The number of hydrogen-bond donors (Lipinski definition) is 1. The molecule has 1 N–H and O–H groups in total. The molecule has 4 rings (SSSR count). The molecule has 0 unspecified atom stereocenters. The molecule has 0 amide bonds. The maximum Gasteiger partial charge on any atom is 0.217 e. The third kappa shape index (κ3) is 2.99. The van der Waals surface area contributed by atoms with Gasteiger partial charge in [-0.05, 0) is 36.2 Å². The second-order valence-corrected chi connectivity index (χ2v) is 6.27. The van der Waals surface area contributed by atoms with Crippen LogP contribution < -0.4 is 0 Å². The molecule has 0 saturated carbocycles. The fourth-order valence-corrected chi connectivity index (χ4v) is 3.53. The van der Waals surface area contributed by atoms with Gasteiger partial charge in [0, 0.05) is 6.54 Å². The third-order valence-electron chi connectivity index (χ3n) is 4.80. The van der Waals surface area contributed by atoms with Gasteiger partial charge in [-0.2, -0.15) is 0 Å². The quantitative estimate of drug-likeness (QED) is 0.775. The Morgan fingerprint density at radius 3 is 2.76 bits per heavy atom. The summed E-state index contributed by atoms with van der Waals surface area (Å²) in [5.41, 5.74) is 2.73. The van der Waals surface area contributed by atoms with Crippen LogP contribution in [0, 0.1) is 0 Å².